The van der Waals surface area contributed by atoms with E-state index in [9.17, 15) is 9.18 Å². The summed E-state index contributed by atoms with van der Waals surface area (Å²) in [5, 5.41) is 0.439. The summed E-state index contributed by atoms with van der Waals surface area (Å²) in [4.78, 5) is 15.7. The van der Waals surface area contributed by atoms with Crippen LogP contribution in [-0.4, -0.2) is 12.8 Å². The molecule has 1 aromatic carbocycles. The van der Waals surface area contributed by atoms with Gasteiger partial charge in [0.2, 0.25) is 5.43 Å². The molecular weight excluding hydrogens is 255 g/mol. The van der Waals surface area contributed by atoms with Crippen LogP contribution in [0.25, 0.3) is 21.9 Å². The van der Waals surface area contributed by atoms with Gasteiger partial charge >= 0.3 is 0 Å². The van der Waals surface area contributed by atoms with Crippen LogP contribution < -0.4 is 10.9 Å². The first-order chi connectivity index (χ1) is 8.56. The third kappa shape index (κ3) is 1.59. The van der Waals surface area contributed by atoms with E-state index in [0.29, 0.717) is 11.0 Å². The number of nitrogens with zero attached hydrogens (tertiary/aromatic N) is 1. The maximum Gasteiger partial charge on any atom is 0.258 e. The van der Waals surface area contributed by atoms with Crippen molar-refractivity contribution >= 4 is 46.8 Å². The van der Waals surface area contributed by atoms with Crippen molar-refractivity contribution in [3.05, 3.63) is 45.6 Å². The Morgan fingerprint density at radius 2 is 2.06 bits per heavy atom. The molecule has 3 nitrogen and oxygen atoms in total. The lowest BCUT2D eigenvalue weighted by molar-refractivity contribution is 0.549. The first-order valence-electron chi connectivity index (χ1n) is 5.25. The monoisotopic (exact) mass is 261 g/mol. The van der Waals surface area contributed by atoms with Crippen LogP contribution in [0.4, 0.5) is 4.39 Å². The summed E-state index contributed by atoms with van der Waals surface area (Å²) >= 11 is 5.65. The van der Waals surface area contributed by atoms with Crippen molar-refractivity contribution in [1.82, 2.24) is 4.98 Å². The molecule has 0 spiro atoms. The van der Waals surface area contributed by atoms with Gasteiger partial charge in [-0.15, -0.1) is 0 Å². The second-order valence-electron chi connectivity index (χ2n) is 4.04. The highest BCUT2D eigenvalue weighted by Gasteiger charge is 2.13. The normalized spacial score (nSPS) is 11.2. The molecule has 6 heteroatoms. The number of fused-ring (bicyclic) bond motifs is 2. The molecule has 0 aliphatic heterocycles. The molecule has 2 heterocycles. The van der Waals surface area contributed by atoms with Crippen LogP contribution in [0.5, 0.6) is 0 Å². The zero-order valence-corrected chi connectivity index (χ0v) is 10.1. The Hall–Kier alpha value is -1.88. The molecule has 88 valence electrons. The highest BCUT2D eigenvalue weighted by atomic mass is 35.5. The molecule has 0 saturated heterocycles. The molecule has 0 radical (unpaired) electrons. The number of halogens is 2. The van der Waals surface area contributed by atoms with E-state index < -0.39 is 5.95 Å². The molecule has 3 rings (SSSR count). The van der Waals surface area contributed by atoms with E-state index in [1.165, 1.54) is 6.07 Å². The fourth-order valence-electron chi connectivity index (χ4n) is 1.90. The van der Waals surface area contributed by atoms with E-state index in [-0.39, 0.29) is 21.6 Å². The SMILES string of the molecule is Bc1ccc2oc3c(F)nc(Cl)cc3c(=O)c2c1. The van der Waals surface area contributed by atoms with Gasteiger partial charge in [0.15, 0.2) is 5.58 Å². The summed E-state index contributed by atoms with van der Waals surface area (Å²) in [6.45, 7) is 0. The maximum atomic E-state index is 13.6. The van der Waals surface area contributed by atoms with Crippen molar-refractivity contribution in [3.8, 4) is 0 Å². The van der Waals surface area contributed by atoms with E-state index in [2.05, 4.69) is 4.98 Å². The van der Waals surface area contributed by atoms with Crippen molar-refractivity contribution < 1.29 is 8.81 Å². The van der Waals surface area contributed by atoms with E-state index in [1.54, 1.807) is 18.2 Å². The minimum Gasteiger partial charge on any atom is -0.451 e. The van der Waals surface area contributed by atoms with Crippen LogP contribution in [0.15, 0.2) is 33.5 Å². The van der Waals surface area contributed by atoms with Gasteiger partial charge in [-0.2, -0.15) is 4.39 Å². The van der Waals surface area contributed by atoms with Crippen molar-refractivity contribution in [1.29, 1.82) is 0 Å². The van der Waals surface area contributed by atoms with Crippen molar-refractivity contribution in [3.63, 3.8) is 0 Å². The molecule has 18 heavy (non-hydrogen) atoms. The number of hydrogen-bond acceptors (Lipinski definition) is 3. The van der Waals surface area contributed by atoms with E-state index in [1.807, 2.05) is 7.85 Å². The first kappa shape index (κ1) is 11.2. The average Bonchev–Trinajstić information content (AvgIpc) is 2.32. The van der Waals surface area contributed by atoms with E-state index >= 15 is 0 Å². The van der Waals surface area contributed by atoms with Gasteiger partial charge in [-0.1, -0.05) is 29.2 Å². The van der Waals surface area contributed by atoms with Crippen LogP contribution in [0.1, 0.15) is 0 Å². The average molecular weight is 261 g/mol. The van der Waals surface area contributed by atoms with Gasteiger partial charge in [0.25, 0.3) is 5.95 Å². The molecule has 0 aliphatic rings. The number of benzene rings is 1. The molecule has 2 aromatic heterocycles. The third-order valence-electron chi connectivity index (χ3n) is 2.74. The molecule has 0 bridgehead atoms. The van der Waals surface area contributed by atoms with Crippen molar-refractivity contribution in [2.75, 3.05) is 0 Å². The molecule has 0 aliphatic carbocycles. The van der Waals surface area contributed by atoms with Gasteiger partial charge in [0.05, 0.1) is 10.8 Å². The zero-order valence-electron chi connectivity index (χ0n) is 9.33. The molecule has 0 atom stereocenters. The number of pyridine rings is 1. The lowest BCUT2D eigenvalue weighted by atomic mass is 9.95. The molecule has 0 saturated carbocycles. The van der Waals surface area contributed by atoms with Crippen LogP contribution in [0.2, 0.25) is 5.15 Å². The predicted octanol–water partition coefficient (Wildman–Crippen LogP) is 1.39. The summed E-state index contributed by atoms with van der Waals surface area (Å²) in [6.07, 6.45) is 0. The third-order valence-corrected chi connectivity index (χ3v) is 2.93. The second kappa shape index (κ2) is 3.81. The summed E-state index contributed by atoms with van der Waals surface area (Å²) in [5.74, 6) is -0.878. The topological polar surface area (TPSA) is 43.1 Å². The van der Waals surface area contributed by atoms with Gasteiger partial charge in [0, 0.05) is 0 Å². The smallest absolute Gasteiger partial charge is 0.258 e. The number of hydrogen-bond donors (Lipinski definition) is 0. The quantitative estimate of drug-likeness (QED) is 0.349. The van der Waals surface area contributed by atoms with Crippen LogP contribution in [-0.2, 0) is 0 Å². The maximum absolute atomic E-state index is 13.6. The number of rotatable bonds is 0. The zero-order chi connectivity index (χ0) is 12.9. The summed E-state index contributed by atoms with van der Waals surface area (Å²) < 4.78 is 19.0. The molecule has 0 N–H and O–H groups in total. The van der Waals surface area contributed by atoms with Gasteiger partial charge < -0.3 is 4.42 Å². The Balaban J connectivity index is 2.61. The van der Waals surface area contributed by atoms with Crippen molar-refractivity contribution in [2.24, 2.45) is 0 Å². The predicted molar refractivity (Wildman–Crippen MR) is 70.9 cm³/mol. The Bertz CT molecular complexity index is 847. The van der Waals surface area contributed by atoms with Gasteiger partial charge in [-0.05, 0) is 12.1 Å². The first-order valence-corrected chi connectivity index (χ1v) is 5.63. The Morgan fingerprint density at radius 1 is 1.28 bits per heavy atom. The standard InChI is InChI=1S/C12H6BClFNO2/c13-5-1-2-8-6(3-5)10(17)7-4-9(14)16-12(15)11(7)18-8/h1-4H,13H2. The van der Waals surface area contributed by atoms with Crippen molar-refractivity contribution in [2.45, 2.75) is 0 Å². The van der Waals surface area contributed by atoms with Crippen LogP contribution in [0, 0.1) is 5.95 Å². The van der Waals surface area contributed by atoms with Gasteiger partial charge in [-0.3, -0.25) is 4.79 Å². The van der Waals surface area contributed by atoms with Crippen LogP contribution in [0.3, 0.4) is 0 Å². The second-order valence-corrected chi connectivity index (χ2v) is 4.43. The summed E-state index contributed by atoms with van der Waals surface area (Å²) in [6, 6.07) is 6.44. The fraction of sp³-hybridized carbons (Fsp3) is 0. The van der Waals surface area contributed by atoms with Gasteiger partial charge in [-0.25, -0.2) is 4.98 Å². The molecule has 0 fully saturated rings. The molecular formula is C12H6BClFNO2. The van der Waals surface area contributed by atoms with Gasteiger partial charge in [0.1, 0.15) is 18.6 Å². The molecule has 0 amide bonds. The van der Waals surface area contributed by atoms with E-state index in [0.717, 1.165) is 5.46 Å². The molecule has 0 unspecified atom stereocenters. The molecule has 3 aromatic rings. The Labute approximate surface area is 107 Å². The Kier molecular flexibility index (Phi) is 2.38. The van der Waals surface area contributed by atoms with Crippen LogP contribution >= 0.6 is 11.6 Å². The fourth-order valence-corrected chi connectivity index (χ4v) is 2.09. The lowest BCUT2D eigenvalue weighted by Crippen LogP contribution is -2.08. The van der Waals surface area contributed by atoms with E-state index in [4.69, 9.17) is 16.0 Å². The number of aromatic nitrogens is 1. The highest BCUT2D eigenvalue weighted by Crippen LogP contribution is 2.21. The lowest BCUT2D eigenvalue weighted by Gasteiger charge is -2.03. The summed E-state index contributed by atoms with van der Waals surface area (Å²) in [7, 11) is 1.86. The minimum atomic E-state index is -0.878. The largest absolute Gasteiger partial charge is 0.451 e. The Morgan fingerprint density at radius 3 is 2.83 bits per heavy atom. The highest BCUT2D eigenvalue weighted by molar-refractivity contribution is 6.33. The minimum absolute atomic E-state index is 0.0701. The summed E-state index contributed by atoms with van der Waals surface area (Å²) in [5.41, 5.74) is 0.787.